The highest BCUT2D eigenvalue weighted by Gasteiger charge is 2.38. The van der Waals surface area contributed by atoms with Gasteiger partial charge in [-0.15, -0.1) is 0 Å². The van der Waals surface area contributed by atoms with Crippen LogP contribution < -0.4 is 21.1 Å². The third-order valence-corrected chi connectivity index (χ3v) is 7.30. The molecular weight excluding hydrogens is 418 g/mol. The summed E-state index contributed by atoms with van der Waals surface area (Å²) in [6.07, 6.45) is 7.23. The number of nitrogens with zero attached hydrogens (tertiary/aromatic N) is 3. The number of anilines is 1. The Labute approximate surface area is 197 Å². The summed E-state index contributed by atoms with van der Waals surface area (Å²) < 4.78 is 6.62. The van der Waals surface area contributed by atoms with E-state index in [0.29, 0.717) is 11.9 Å². The average Bonchev–Trinajstić information content (AvgIpc) is 2.76. The SMILES string of the molecule is C=NC1=C(C(N)=NC)C(C)(C)Cc2c1ccc(OC1CCC(N)CC1)c2N(C)CCSC. The van der Waals surface area contributed by atoms with Crippen LogP contribution >= 0.6 is 11.8 Å². The van der Waals surface area contributed by atoms with Crippen LogP contribution in [0.5, 0.6) is 5.75 Å². The van der Waals surface area contributed by atoms with E-state index in [1.165, 1.54) is 5.56 Å². The third kappa shape index (κ3) is 4.99. The van der Waals surface area contributed by atoms with Crippen molar-refractivity contribution in [2.24, 2.45) is 26.9 Å². The molecule has 2 aliphatic rings. The number of nitrogens with two attached hydrogens (primary N) is 2. The van der Waals surface area contributed by atoms with Crippen LogP contribution in [0.3, 0.4) is 0 Å². The van der Waals surface area contributed by atoms with Gasteiger partial charge in [0.1, 0.15) is 11.6 Å². The number of amidine groups is 1. The van der Waals surface area contributed by atoms with E-state index < -0.39 is 0 Å². The van der Waals surface area contributed by atoms with Crippen molar-refractivity contribution in [1.82, 2.24) is 0 Å². The number of thioether (sulfide) groups is 1. The monoisotopic (exact) mass is 457 g/mol. The molecule has 0 aromatic heterocycles. The van der Waals surface area contributed by atoms with E-state index in [4.69, 9.17) is 16.2 Å². The second-order valence-electron chi connectivity index (χ2n) is 9.56. The maximum atomic E-state index is 6.62. The Morgan fingerprint density at radius 1 is 1.28 bits per heavy atom. The number of ether oxygens (including phenoxy) is 1. The van der Waals surface area contributed by atoms with Crippen molar-refractivity contribution >= 4 is 35.7 Å². The van der Waals surface area contributed by atoms with Crippen LogP contribution in [0.4, 0.5) is 5.69 Å². The molecule has 0 bridgehead atoms. The second-order valence-corrected chi connectivity index (χ2v) is 10.5. The van der Waals surface area contributed by atoms with Crippen LogP contribution in [-0.4, -0.2) is 57.3 Å². The molecule has 176 valence electrons. The van der Waals surface area contributed by atoms with Gasteiger partial charge in [0.25, 0.3) is 0 Å². The van der Waals surface area contributed by atoms with Gasteiger partial charge in [-0.2, -0.15) is 11.8 Å². The Morgan fingerprint density at radius 3 is 2.56 bits per heavy atom. The Hall–Kier alpha value is -1.99. The van der Waals surface area contributed by atoms with Gasteiger partial charge in [0.15, 0.2) is 0 Å². The highest BCUT2D eigenvalue weighted by Crippen LogP contribution is 2.49. The number of benzene rings is 1. The third-order valence-electron chi connectivity index (χ3n) is 6.71. The van der Waals surface area contributed by atoms with Gasteiger partial charge in [-0.05, 0) is 68.2 Å². The topological polar surface area (TPSA) is 89.2 Å². The van der Waals surface area contributed by atoms with Gasteiger partial charge in [-0.3, -0.25) is 9.98 Å². The molecule has 6 nitrogen and oxygen atoms in total. The molecule has 1 fully saturated rings. The number of aliphatic imine (C=N–C) groups is 2. The highest BCUT2D eigenvalue weighted by molar-refractivity contribution is 7.98. The molecule has 3 rings (SSSR count). The van der Waals surface area contributed by atoms with Crippen molar-refractivity contribution in [2.45, 2.75) is 58.1 Å². The minimum absolute atomic E-state index is 0.211. The fourth-order valence-electron chi connectivity index (χ4n) is 4.98. The molecule has 0 radical (unpaired) electrons. The van der Waals surface area contributed by atoms with Gasteiger partial charge >= 0.3 is 0 Å². The molecule has 0 atom stereocenters. The number of rotatable bonds is 8. The molecule has 0 spiro atoms. The van der Waals surface area contributed by atoms with Gasteiger partial charge in [0.2, 0.25) is 0 Å². The molecule has 4 N–H and O–H groups in total. The van der Waals surface area contributed by atoms with Gasteiger partial charge in [0, 0.05) is 43.6 Å². The quantitative estimate of drug-likeness (QED) is 0.453. The van der Waals surface area contributed by atoms with E-state index in [1.807, 2.05) is 11.8 Å². The maximum Gasteiger partial charge on any atom is 0.143 e. The van der Waals surface area contributed by atoms with Crippen molar-refractivity contribution in [3.8, 4) is 5.75 Å². The summed E-state index contributed by atoms with van der Waals surface area (Å²) in [4.78, 5) is 11.1. The summed E-state index contributed by atoms with van der Waals surface area (Å²) in [5, 5.41) is 0. The lowest BCUT2D eigenvalue weighted by Crippen LogP contribution is -2.35. The van der Waals surface area contributed by atoms with E-state index in [9.17, 15) is 0 Å². The first-order valence-corrected chi connectivity index (χ1v) is 12.9. The van der Waals surface area contributed by atoms with Gasteiger partial charge in [-0.25, -0.2) is 0 Å². The van der Waals surface area contributed by atoms with Gasteiger partial charge in [0.05, 0.1) is 17.5 Å². The van der Waals surface area contributed by atoms with Crippen LogP contribution in [0.1, 0.15) is 50.7 Å². The summed E-state index contributed by atoms with van der Waals surface area (Å²) in [6, 6.07) is 4.52. The number of fused-ring (bicyclic) bond motifs is 1. The van der Waals surface area contributed by atoms with Crippen LogP contribution in [0.15, 0.2) is 27.7 Å². The molecule has 0 amide bonds. The molecule has 1 aromatic carbocycles. The van der Waals surface area contributed by atoms with Crippen LogP contribution in [0, 0.1) is 5.41 Å². The van der Waals surface area contributed by atoms with Crippen LogP contribution in [-0.2, 0) is 6.42 Å². The zero-order valence-electron chi connectivity index (χ0n) is 20.3. The Morgan fingerprint density at radius 2 is 1.97 bits per heavy atom. The Balaban J connectivity index is 2.13. The molecular formula is C25H39N5OS. The number of hydrogen-bond acceptors (Lipinski definition) is 6. The molecule has 0 unspecified atom stereocenters. The largest absolute Gasteiger partial charge is 0.488 e. The zero-order chi connectivity index (χ0) is 23.5. The fourth-order valence-corrected chi connectivity index (χ4v) is 5.44. The van der Waals surface area contributed by atoms with Crippen molar-refractivity contribution < 1.29 is 4.74 Å². The lowest BCUT2D eigenvalue weighted by Gasteiger charge is -2.38. The lowest BCUT2D eigenvalue weighted by molar-refractivity contribution is 0.147. The molecule has 1 saturated carbocycles. The minimum atomic E-state index is -0.224. The van der Waals surface area contributed by atoms with Crippen LogP contribution in [0.25, 0.3) is 5.70 Å². The smallest absolute Gasteiger partial charge is 0.143 e. The van der Waals surface area contributed by atoms with E-state index in [-0.39, 0.29) is 11.5 Å². The van der Waals surface area contributed by atoms with Gasteiger partial charge < -0.3 is 21.1 Å². The molecule has 0 aliphatic heterocycles. The molecule has 32 heavy (non-hydrogen) atoms. The van der Waals surface area contributed by atoms with E-state index in [1.54, 1.807) is 7.05 Å². The van der Waals surface area contributed by atoms with E-state index in [2.05, 4.69) is 60.9 Å². The lowest BCUT2D eigenvalue weighted by atomic mass is 9.70. The minimum Gasteiger partial charge on any atom is -0.488 e. The predicted octanol–water partition coefficient (Wildman–Crippen LogP) is 4.12. The van der Waals surface area contributed by atoms with Crippen molar-refractivity contribution in [1.29, 1.82) is 0 Å². The first-order valence-electron chi connectivity index (χ1n) is 11.5. The molecule has 1 aromatic rings. The molecule has 2 aliphatic carbocycles. The zero-order valence-corrected chi connectivity index (χ0v) is 21.1. The van der Waals surface area contributed by atoms with Crippen molar-refractivity contribution in [3.05, 3.63) is 28.8 Å². The summed E-state index contributed by atoms with van der Waals surface area (Å²) >= 11 is 1.85. The Bertz CT molecular complexity index is 900. The summed E-state index contributed by atoms with van der Waals surface area (Å²) in [7, 11) is 3.88. The highest BCUT2D eigenvalue weighted by atomic mass is 32.2. The average molecular weight is 458 g/mol. The fraction of sp³-hybridized carbons (Fsp3) is 0.600. The maximum absolute atomic E-state index is 6.62. The number of hydrogen-bond donors (Lipinski definition) is 2. The molecule has 7 heteroatoms. The normalized spacial score (nSPS) is 23.0. The van der Waals surface area contributed by atoms with E-state index >= 15 is 0 Å². The van der Waals surface area contributed by atoms with Crippen LogP contribution in [0.2, 0.25) is 0 Å². The molecule has 0 saturated heterocycles. The van der Waals surface area contributed by atoms with E-state index in [0.717, 1.165) is 72.7 Å². The van der Waals surface area contributed by atoms with Crippen molar-refractivity contribution in [2.75, 3.05) is 37.5 Å². The summed E-state index contributed by atoms with van der Waals surface area (Å²) in [6.45, 7) is 9.23. The summed E-state index contributed by atoms with van der Waals surface area (Å²) in [5.41, 5.74) is 17.5. The second kappa shape index (κ2) is 10.3. The van der Waals surface area contributed by atoms with Crippen molar-refractivity contribution in [3.63, 3.8) is 0 Å². The standard InChI is InChI=1S/C25H39N5OS/c1-25(2)15-19-18(22(28-3)21(25)24(27)29-4)11-12-20(23(19)30(5)13-14-32-6)31-17-9-7-16(26)8-10-17/h11-12,16-17H,3,7-10,13-15,26H2,1-2,4-6H3,(H2,27,29). The Kier molecular flexibility index (Phi) is 7.93. The predicted molar refractivity (Wildman–Crippen MR) is 140 cm³/mol. The first-order chi connectivity index (χ1) is 15.2. The summed E-state index contributed by atoms with van der Waals surface area (Å²) in [5.74, 6) is 2.52. The molecule has 0 heterocycles. The first kappa shape index (κ1) is 24.6. The van der Waals surface area contributed by atoms with Gasteiger partial charge in [-0.1, -0.05) is 13.8 Å².